The molecule has 0 radical (unpaired) electrons. The van der Waals surface area contributed by atoms with Crippen LogP contribution >= 0.6 is 0 Å². The zero-order chi connectivity index (χ0) is 15.8. The van der Waals surface area contributed by atoms with Gasteiger partial charge in [-0.15, -0.1) is 0 Å². The van der Waals surface area contributed by atoms with Gasteiger partial charge in [-0.3, -0.25) is 0 Å². The maximum atomic E-state index is 13.5. The Morgan fingerprint density at radius 2 is 2.00 bits per heavy atom. The number of carboxylic acid groups (broad SMARTS) is 1. The molecule has 6 nitrogen and oxygen atoms in total. The van der Waals surface area contributed by atoms with Crippen molar-refractivity contribution in [3.05, 3.63) is 29.6 Å². The quantitative estimate of drug-likeness (QED) is 0.672. The van der Waals surface area contributed by atoms with Crippen molar-refractivity contribution in [2.75, 3.05) is 32.5 Å². The molecular weight excluding hydrogens is 277 g/mol. The second kappa shape index (κ2) is 8.21. The summed E-state index contributed by atoms with van der Waals surface area (Å²) in [5, 5.41) is 13.7. The third kappa shape index (κ3) is 6.22. The highest BCUT2D eigenvalue weighted by Gasteiger charge is 2.10. The van der Waals surface area contributed by atoms with E-state index in [1.807, 2.05) is 19.0 Å². The van der Waals surface area contributed by atoms with Gasteiger partial charge in [0.15, 0.2) is 0 Å². The van der Waals surface area contributed by atoms with Gasteiger partial charge in [-0.05, 0) is 51.7 Å². The molecule has 21 heavy (non-hydrogen) atoms. The molecule has 1 aromatic rings. The first-order valence-electron chi connectivity index (χ1n) is 6.62. The van der Waals surface area contributed by atoms with Crippen LogP contribution in [-0.4, -0.2) is 49.2 Å². The zero-order valence-corrected chi connectivity index (χ0v) is 12.1. The maximum Gasteiger partial charge on any atom is 0.335 e. The van der Waals surface area contributed by atoms with Gasteiger partial charge in [0.25, 0.3) is 0 Å². The predicted molar refractivity (Wildman–Crippen MR) is 78.2 cm³/mol. The van der Waals surface area contributed by atoms with Gasteiger partial charge in [0, 0.05) is 6.54 Å². The van der Waals surface area contributed by atoms with E-state index in [2.05, 4.69) is 10.6 Å². The number of unbranched alkanes of at least 4 members (excludes halogenated alkanes) is 1. The molecular formula is C14H20FN3O3. The van der Waals surface area contributed by atoms with Gasteiger partial charge >= 0.3 is 12.0 Å². The third-order valence-corrected chi connectivity index (χ3v) is 2.78. The fourth-order valence-corrected chi connectivity index (χ4v) is 1.68. The largest absolute Gasteiger partial charge is 0.478 e. The van der Waals surface area contributed by atoms with Crippen LogP contribution in [0.2, 0.25) is 0 Å². The first-order valence-corrected chi connectivity index (χ1v) is 6.62. The number of rotatable bonds is 7. The number of carboxylic acids is 1. The number of amides is 2. The normalized spacial score (nSPS) is 10.5. The van der Waals surface area contributed by atoms with Crippen molar-refractivity contribution >= 4 is 17.7 Å². The smallest absolute Gasteiger partial charge is 0.335 e. The van der Waals surface area contributed by atoms with Crippen LogP contribution in [0.25, 0.3) is 0 Å². The molecule has 116 valence electrons. The third-order valence-electron chi connectivity index (χ3n) is 2.78. The molecule has 0 aliphatic heterocycles. The van der Waals surface area contributed by atoms with Crippen LogP contribution in [0.4, 0.5) is 14.9 Å². The summed E-state index contributed by atoms with van der Waals surface area (Å²) in [6, 6.07) is 2.68. The number of hydrogen-bond donors (Lipinski definition) is 3. The number of carbonyl (C=O) groups excluding carboxylic acids is 1. The minimum absolute atomic E-state index is 0.0855. The molecule has 0 unspecified atom stereocenters. The summed E-state index contributed by atoms with van der Waals surface area (Å²) >= 11 is 0. The second-order valence-corrected chi connectivity index (χ2v) is 4.89. The van der Waals surface area contributed by atoms with E-state index in [-0.39, 0.29) is 11.3 Å². The SMILES string of the molecule is CN(C)CCCCNC(=O)Nc1cc(C(=O)O)ccc1F. The molecule has 3 N–H and O–H groups in total. The summed E-state index contributed by atoms with van der Waals surface area (Å²) in [6.07, 6.45) is 1.75. The van der Waals surface area contributed by atoms with E-state index < -0.39 is 17.8 Å². The van der Waals surface area contributed by atoms with Crippen molar-refractivity contribution < 1.29 is 19.1 Å². The Kier molecular flexibility index (Phi) is 6.61. The first-order chi connectivity index (χ1) is 9.90. The minimum atomic E-state index is -1.18. The Morgan fingerprint density at radius 1 is 1.29 bits per heavy atom. The summed E-state index contributed by atoms with van der Waals surface area (Å²) in [6.45, 7) is 1.40. The van der Waals surface area contributed by atoms with Gasteiger partial charge in [0.05, 0.1) is 11.3 Å². The predicted octanol–water partition coefficient (Wildman–Crippen LogP) is 1.99. The van der Waals surface area contributed by atoms with E-state index >= 15 is 0 Å². The number of carbonyl (C=O) groups is 2. The van der Waals surface area contributed by atoms with Gasteiger partial charge in [-0.2, -0.15) is 0 Å². The fraction of sp³-hybridized carbons (Fsp3) is 0.429. The molecule has 0 aliphatic rings. The number of anilines is 1. The molecule has 0 bridgehead atoms. The maximum absolute atomic E-state index is 13.5. The number of nitrogens with one attached hydrogen (secondary N) is 2. The monoisotopic (exact) mass is 297 g/mol. The molecule has 1 aromatic carbocycles. The number of benzene rings is 1. The molecule has 0 spiro atoms. The average molecular weight is 297 g/mol. The Labute approximate surface area is 122 Å². The van der Waals surface area contributed by atoms with Crippen LogP contribution in [0.1, 0.15) is 23.2 Å². The summed E-state index contributed by atoms with van der Waals surface area (Å²) in [7, 11) is 3.94. The highest BCUT2D eigenvalue weighted by Crippen LogP contribution is 2.16. The Hall–Kier alpha value is -2.15. The van der Waals surface area contributed by atoms with Crippen LogP contribution in [0.3, 0.4) is 0 Å². The molecule has 0 saturated carbocycles. The molecule has 0 heterocycles. The summed E-state index contributed by atoms with van der Waals surface area (Å²) in [5.74, 6) is -1.86. The molecule has 0 fully saturated rings. The lowest BCUT2D eigenvalue weighted by Crippen LogP contribution is -2.30. The van der Waals surface area contributed by atoms with Crippen molar-refractivity contribution in [3.8, 4) is 0 Å². The molecule has 0 aliphatic carbocycles. The van der Waals surface area contributed by atoms with Crippen LogP contribution in [-0.2, 0) is 0 Å². The minimum Gasteiger partial charge on any atom is -0.478 e. The first kappa shape index (κ1) is 16.9. The highest BCUT2D eigenvalue weighted by atomic mass is 19.1. The van der Waals surface area contributed by atoms with Crippen LogP contribution in [0, 0.1) is 5.82 Å². The van der Waals surface area contributed by atoms with Crippen molar-refractivity contribution in [3.63, 3.8) is 0 Å². The number of halogens is 1. The molecule has 7 heteroatoms. The van der Waals surface area contributed by atoms with Gasteiger partial charge in [-0.1, -0.05) is 0 Å². The van der Waals surface area contributed by atoms with Crippen molar-refractivity contribution in [2.24, 2.45) is 0 Å². The van der Waals surface area contributed by atoms with Crippen molar-refractivity contribution in [1.82, 2.24) is 10.2 Å². The Bertz CT molecular complexity index is 506. The number of urea groups is 1. The van der Waals surface area contributed by atoms with Crippen molar-refractivity contribution in [1.29, 1.82) is 0 Å². The van der Waals surface area contributed by atoms with E-state index in [0.29, 0.717) is 6.54 Å². The summed E-state index contributed by atoms with van der Waals surface area (Å²) in [4.78, 5) is 24.4. The number of hydrogen-bond acceptors (Lipinski definition) is 3. The molecule has 0 atom stereocenters. The average Bonchev–Trinajstić information content (AvgIpc) is 2.40. The lowest BCUT2D eigenvalue weighted by molar-refractivity contribution is 0.0697. The van der Waals surface area contributed by atoms with Gasteiger partial charge in [-0.25, -0.2) is 14.0 Å². The van der Waals surface area contributed by atoms with Crippen LogP contribution < -0.4 is 10.6 Å². The van der Waals surface area contributed by atoms with E-state index in [9.17, 15) is 14.0 Å². The van der Waals surface area contributed by atoms with Gasteiger partial charge < -0.3 is 20.6 Å². The van der Waals surface area contributed by atoms with E-state index in [0.717, 1.165) is 37.6 Å². The standard InChI is InChI=1S/C14H20FN3O3/c1-18(2)8-4-3-7-16-14(21)17-12-9-10(13(19)20)5-6-11(12)15/h5-6,9H,3-4,7-8H2,1-2H3,(H,19,20)(H2,16,17,21). The number of nitrogens with zero attached hydrogens (tertiary/aromatic N) is 1. The zero-order valence-electron chi connectivity index (χ0n) is 12.1. The lowest BCUT2D eigenvalue weighted by atomic mass is 10.2. The summed E-state index contributed by atoms with van der Waals surface area (Å²) in [5.41, 5.74) is -0.238. The second-order valence-electron chi connectivity index (χ2n) is 4.89. The van der Waals surface area contributed by atoms with E-state index in [1.54, 1.807) is 0 Å². The van der Waals surface area contributed by atoms with Crippen molar-refractivity contribution in [2.45, 2.75) is 12.8 Å². The molecule has 2 amide bonds. The Morgan fingerprint density at radius 3 is 2.62 bits per heavy atom. The van der Waals surface area contributed by atoms with Crippen LogP contribution in [0.15, 0.2) is 18.2 Å². The van der Waals surface area contributed by atoms with Gasteiger partial charge in [0.2, 0.25) is 0 Å². The number of aromatic carboxylic acids is 1. The van der Waals surface area contributed by atoms with E-state index in [4.69, 9.17) is 5.11 Å². The molecule has 1 rings (SSSR count). The van der Waals surface area contributed by atoms with Crippen LogP contribution in [0.5, 0.6) is 0 Å². The molecule has 0 saturated heterocycles. The highest BCUT2D eigenvalue weighted by molar-refractivity contribution is 5.93. The van der Waals surface area contributed by atoms with Gasteiger partial charge in [0.1, 0.15) is 5.82 Å². The molecule has 0 aromatic heterocycles. The Balaban J connectivity index is 2.44. The fourth-order valence-electron chi connectivity index (χ4n) is 1.68. The topological polar surface area (TPSA) is 81.7 Å². The summed E-state index contributed by atoms with van der Waals surface area (Å²) < 4.78 is 13.5. The van der Waals surface area contributed by atoms with E-state index in [1.165, 1.54) is 0 Å². The lowest BCUT2D eigenvalue weighted by Gasteiger charge is -2.11.